The summed E-state index contributed by atoms with van der Waals surface area (Å²) in [5, 5.41) is 0.693. The fourth-order valence-electron chi connectivity index (χ4n) is 4.29. The lowest BCUT2D eigenvalue weighted by Gasteiger charge is -2.28. The SMILES string of the molecule is COc1cc(C(=O)N(CCCN2CCOCC2)c2nc3c(C)ccc(C)c3s2)cc(OC)c1OC. The number of nitrogens with zero attached hydrogens (tertiary/aromatic N) is 3. The van der Waals surface area contributed by atoms with E-state index >= 15 is 0 Å². The Morgan fingerprint density at radius 2 is 1.71 bits per heavy atom. The highest BCUT2D eigenvalue weighted by Gasteiger charge is 2.25. The molecule has 9 heteroatoms. The Morgan fingerprint density at radius 3 is 2.31 bits per heavy atom. The Kier molecular flexibility index (Phi) is 8.10. The van der Waals surface area contributed by atoms with Gasteiger partial charge in [-0.15, -0.1) is 0 Å². The molecule has 1 saturated heterocycles. The third kappa shape index (κ3) is 5.37. The van der Waals surface area contributed by atoms with E-state index in [2.05, 4.69) is 30.9 Å². The van der Waals surface area contributed by atoms with Crippen molar-refractivity contribution in [3.8, 4) is 17.2 Å². The van der Waals surface area contributed by atoms with Crippen molar-refractivity contribution in [2.75, 3.05) is 65.6 Å². The summed E-state index contributed by atoms with van der Waals surface area (Å²) in [4.78, 5) is 23.0. The third-order valence-electron chi connectivity index (χ3n) is 6.28. The van der Waals surface area contributed by atoms with Crippen molar-refractivity contribution in [1.29, 1.82) is 0 Å². The number of aromatic nitrogens is 1. The average molecular weight is 500 g/mol. The van der Waals surface area contributed by atoms with E-state index < -0.39 is 0 Å². The van der Waals surface area contributed by atoms with Gasteiger partial charge in [-0.2, -0.15) is 0 Å². The Hall–Kier alpha value is -2.88. The van der Waals surface area contributed by atoms with E-state index in [0.29, 0.717) is 34.5 Å². The summed E-state index contributed by atoms with van der Waals surface area (Å²) < 4.78 is 23.0. The van der Waals surface area contributed by atoms with Gasteiger partial charge in [0.1, 0.15) is 0 Å². The summed E-state index contributed by atoms with van der Waals surface area (Å²) >= 11 is 1.56. The Morgan fingerprint density at radius 1 is 1.06 bits per heavy atom. The number of anilines is 1. The molecule has 1 fully saturated rings. The molecule has 0 bridgehead atoms. The lowest BCUT2D eigenvalue weighted by Crippen LogP contribution is -2.39. The van der Waals surface area contributed by atoms with E-state index in [1.807, 2.05) is 0 Å². The zero-order valence-electron chi connectivity index (χ0n) is 21.1. The van der Waals surface area contributed by atoms with Crippen molar-refractivity contribution in [1.82, 2.24) is 9.88 Å². The first kappa shape index (κ1) is 25.2. The van der Waals surface area contributed by atoms with Crippen molar-refractivity contribution >= 4 is 32.6 Å². The van der Waals surface area contributed by atoms with Crippen LogP contribution < -0.4 is 19.1 Å². The van der Waals surface area contributed by atoms with Gasteiger partial charge in [0.25, 0.3) is 5.91 Å². The number of benzene rings is 2. The van der Waals surface area contributed by atoms with E-state index in [4.69, 9.17) is 23.9 Å². The highest BCUT2D eigenvalue weighted by Crippen LogP contribution is 2.39. The summed E-state index contributed by atoms with van der Waals surface area (Å²) in [5.74, 6) is 1.19. The van der Waals surface area contributed by atoms with Crippen LogP contribution in [0.1, 0.15) is 27.9 Å². The molecule has 1 amide bonds. The first-order valence-corrected chi connectivity index (χ1v) is 12.6. The topological polar surface area (TPSA) is 73.4 Å². The highest BCUT2D eigenvalue weighted by atomic mass is 32.1. The minimum absolute atomic E-state index is 0.152. The molecular formula is C26H33N3O5S. The summed E-state index contributed by atoms with van der Waals surface area (Å²) in [6, 6.07) is 7.57. The maximum absolute atomic E-state index is 13.9. The molecule has 1 aromatic heterocycles. The van der Waals surface area contributed by atoms with Crippen molar-refractivity contribution in [2.45, 2.75) is 20.3 Å². The molecule has 1 aliphatic heterocycles. The van der Waals surface area contributed by atoms with Crippen LogP contribution in [0.15, 0.2) is 24.3 Å². The average Bonchev–Trinajstić information content (AvgIpc) is 3.34. The van der Waals surface area contributed by atoms with E-state index in [1.54, 1.807) is 49.7 Å². The number of carbonyl (C=O) groups is 1. The van der Waals surface area contributed by atoms with Crippen LogP contribution in [0.5, 0.6) is 17.2 Å². The molecule has 188 valence electrons. The predicted octanol–water partition coefficient (Wildman–Crippen LogP) is 4.31. The fraction of sp³-hybridized carbons (Fsp3) is 0.462. The van der Waals surface area contributed by atoms with Crippen LogP contribution >= 0.6 is 11.3 Å². The molecule has 0 atom stereocenters. The van der Waals surface area contributed by atoms with Crippen LogP contribution in [0.4, 0.5) is 5.13 Å². The first-order chi connectivity index (χ1) is 17.0. The van der Waals surface area contributed by atoms with E-state index in [1.165, 1.54) is 0 Å². The van der Waals surface area contributed by atoms with Crippen LogP contribution in [0.3, 0.4) is 0 Å². The second-order valence-corrected chi connectivity index (χ2v) is 9.53. The van der Waals surface area contributed by atoms with Crippen molar-refractivity contribution in [3.05, 3.63) is 41.0 Å². The summed E-state index contributed by atoms with van der Waals surface area (Å²) in [7, 11) is 4.64. The largest absolute Gasteiger partial charge is 0.493 e. The van der Waals surface area contributed by atoms with Crippen LogP contribution in [-0.4, -0.2) is 76.5 Å². The van der Waals surface area contributed by atoms with Gasteiger partial charge in [0, 0.05) is 31.7 Å². The zero-order valence-corrected chi connectivity index (χ0v) is 21.9. The number of amides is 1. The molecule has 3 aromatic rings. The minimum atomic E-state index is -0.152. The smallest absolute Gasteiger partial charge is 0.260 e. The Balaban J connectivity index is 1.69. The summed E-state index contributed by atoms with van der Waals surface area (Å²) in [5.41, 5.74) is 3.66. The van der Waals surface area contributed by atoms with Gasteiger partial charge < -0.3 is 18.9 Å². The summed E-state index contributed by atoms with van der Waals surface area (Å²) in [6.45, 7) is 8.91. The molecule has 0 N–H and O–H groups in total. The van der Waals surface area contributed by atoms with Gasteiger partial charge in [-0.1, -0.05) is 23.5 Å². The van der Waals surface area contributed by atoms with E-state index in [9.17, 15) is 4.79 Å². The number of methoxy groups -OCH3 is 3. The molecule has 0 radical (unpaired) electrons. The number of ether oxygens (including phenoxy) is 4. The molecule has 0 saturated carbocycles. The van der Waals surface area contributed by atoms with E-state index in [0.717, 1.165) is 60.6 Å². The van der Waals surface area contributed by atoms with Gasteiger partial charge in [-0.25, -0.2) is 4.98 Å². The second kappa shape index (κ2) is 11.2. The quantitative estimate of drug-likeness (QED) is 0.434. The second-order valence-electron chi connectivity index (χ2n) is 8.55. The molecule has 0 aliphatic carbocycles. The number of morpholine rings is 1. The maximum Gasteiger partial charge on any atom is 0.260 e. The molecule has 0 spiro atoms. The number of carbonyl (C=O) groups excluding carboxylic acids is 1. The molecule has 2 aromatic carbocycles. The van der Waals surface area contributed by atoms with Gasteiger partial charge in [0.2, 0.25) is 5.75 Å². The molecule has 2 heterocycles. The molecule has 35 heavy (non-hydrogen) atoms. The molecule has 4 rings (SSSR count). The number of rotatable bonds is 9. The lowest BCUT2D eigenvalue weighted by atomic mass is 10.1. The Labute approximate surface area is 210 Å². The van der Waals surface area contributed by atoms with Gasteiger partial charge in [0.05, 0.1) is 44.8 Å². The molecule has 8 nitrogen and oxygen atoms in total. The maximum atomic E-state index is 13.9. The molecule has 1 aliphatic rings. The minimum Gasteiger partial charge on any atom is -0.493 e. The number of aryl methyl sites for hydroxylation is 2. The highest BCUT2D eigenvalue weighted by molar-refractivity contribution is 7.22. The van der Waals surface area contributed by atoms with Crippen LogP contribution in [-0.2, 0) is 4.74 Å². The van der Waals surface area contributed by atoms with Crippen LogP contribution in [0.25, 0.3) is 10.2 Å². The fourth-order valence-corrected chi connectivity index (χ4v) is 5.42. The molecular weight excluding hydrogens is 466 g/mol. The van der Waals surface area contributed by atoms with Gasteiger partial charge in [0.15, 0.2) is 16.6 Å². The Bertz CT molecular complexity index is 1130. The summed E-state index contributed by atoms with van der Waals surface area (Å²) in [6.07, 6.45) is 0.823. The number of hydrogen-bond donors (Lipinski definition) is 0. The monoisotopic (exact) mass is 499 g/mol. The van der Waals surface area contributed by atoms with Crippen LogP contribution in [0, 0.1) is 13.8 Å². The van der Waals surface area contributed by atoms with Crippen molar-refractivity contribution in [2.24, 2.45) is 0 Å². The number of hydrogen-bond acceptors (Lipinski definition) is 8. The third-order valence-corrected chi connectivity index (χ3v) is 7.49. The number of thiazole rings is 1. The van der Waals surface area contributed by atoms with Gasteiger partial charge in [-0.3, -0.25) is 14.6 Å². The zero-order chi connectivity index (χ0) is 24.9. The van der Waals surface area contributed by atoms with Crippen molar-refractivity contribution in [3.63, 3.8) is 0 Å². The molecule has 0 unspecified atom stereocenters. The van der Waals surface area contributed by atoms with Crippen LogP contribution in [0.2, 0.25) is 0 Å². The van der Waals surface area contributed by atoms with Crippen molar-refractivity contribution < 1.29 is 23.7 Å². The lowest BCUT2D eigenvalue weighted by molar-refractivity contribution is 0.0376. The normalized spacial score (nSPS) is 14.2. The number of fused-ring (bicyclic) bond motifs is 1. The first-order valence-electron chi connectivity index (χ1n) is 11.8. The van der Waals surface area contributed by atoms with E-state index in [-0.39, 0.29) is 5.91 Å². The van der Waals surface area contributed by atoms with Gasteiger partial charge in [-0.05, 0) is 43.5 Å². The van der Waals surface area contributed by atoms with Gasteiger partial charge >= 0.3 is 0 Å². The standard InChI is InChI=1S/C26H33N3O5S/c1-17-7-8-18(2)24-22(17)27-26(35-24)29(10-6-9-28-11-13-34-14-12-28)25(30)19-15-20(31-3)23(33-5)21(16-19)32-4/h7-8,15-16H,6,9-14H2,1-5H3. The predicted molar refractivity (Wildman–Crippen MR) is 139 cm³/mol.